The summed E-state index contributed by atoms with van der Waals surface area (Å²) in [5.41, 5.74) is 2.80. The number of aryl methyl sites for hydroxylation is 1. The van der Waals surface area contributed by atoms with Crippen LogP contribution in [-0.2, 0) is 0 Å². The zero-order valence-electron chi connectivity index (χ0n) is 15.4. The number of nitrogens with zero attached hydrogens (tertiary/aromatic N) is 4. The summed E-state index contributed by atoms with van der Waals surface area (Å²) in [4.78, 5) is 36.1. The molecule has 0 fully saturated rings. The minimum atomic E-state index is -0.433. The molecular formula is C21H15N5O3. The van der Waals surface area contributed by atoms with E-state index in [1.54, 1.807) is 37.4 Å². The van der Waals surface area contributed by atoms with E-state index in [0.717, 1.165) is 10.9 Å². The van der Waals surface area contributed by atoms with Gasteiger partial charge in [0.2, 0.25) is 0 Å². The Kier molecular flexibility index (Phi) is 4.66. The van der Waals surface area contributed by atoms with Crippen molar-refractivity contribution in [3.05, 3.63) is 88.4 Å². The molecule has 0 unspecified atom stereocenters. The van der Waals surface area contributed by atoms with Crippen molar-refractivity contribution < 1.29 is 9.72 Å². The second kappa shape index (κ2) is 7.43. The van der Waals surface area contributed by atoms with Gasteiger partial charge in [-0.1, -0.05) is 30.3 Å². The van der Waals surface area contributed by atoms with Gasteiger partial charge in [-0.3, -0.25) is 19.9 Å². The predicted octanol–water partition coefficient (Wildman–Crippen LogP) is 4.16. The average molecular weight is 385 g/mol. The second-order valence-corrected chi connectivity index (χ2v) is 6.38. The zero-order valence-corrected chi connectivity index (χ0v) is 15.4. The van der Waals surface area contributed by atoms with E-state index in [4.69, 9.17) is 0 Å². The third-order valence-corrected chi connectivity index (χ3v) is 4.50. The fourth-order valence-corrected chi connectivity index (χ4v) is 3.03. The quantitative estimate of drug-likeness (QED) is 0.417. The van der Waals surface area contributed by atoms with Crippen LogP contribution in [0.15, 0.2) is 67.1 Å². The topological polar surface area (TPSA) is 111 Å². The van der Waals surface area contributed by atoms with E-state index < -0.39 is 4.92 Å². The highest BCUT2D eigenvalue weighted by Gasteiger charge is 2.15. The summed E-state index contributed by atoms with van der Waals surface area (Å²) in [6.07, 6.45) is 2.88. The fraction of sp³-hybridized carbons (Fsp3) is 0.0476. The number of carbonyl (C=O) groups excluding carboxylic acids is 1. The van der Waals surface area contributed by atoms with Gasteiger partial charge in [0.25, 0.3) is 11.6 Å². The van der Waals surface area contributed by atoms with Gasteiger partial charge in [-0.05, 0) is 19.1 Å². The predicted molar refractivity (Wildman–Crippen MR) is 109 cm³/mol. The number of para-hydroxylation sites is 1. The summed E-state index contributed by atoms with van der Waals surface area (Å²) < 4.78 is 0. The fourth-order valence-electron chi connectivity index (χ4n) is 3.03. The summed E-state index contributed by atoms with van der Waals surface area (Å²) >= 11 is 0. The Balaban J connectivity index is 1.65. The van der Waals surface area contributed by atoms with Crippen LogP contribution >= 0.6 is 0 Å². The molecule has 4 aromatic rings. The number of amides is 1. The van der Waals surface area contributed by atoms with Crippen LogP contribution in [0.4, 0.5) is 11.5 Å². The number of fused-ring (bicyclic) bond motifs is 1. The first-order valence-electron chi connectivity index (χ1n) is 8.75. The number of rotatable bonds is 4. The molecule has 0 bridgehead atoms. The molecule has 2 aromatic carbocycles. The normalized spacial score (nSPS) is 10.7. The standard InChI is InChI=1S/C21H15N5O3/c1-13-6-7-14(10-19(13)26(28)29)18-11-20(24-12-23-18)25-21(27)16-8-9-22-17-5-3-2-4-15(16)17/h2-12H,1H3,(H,23,24,25,27). The molecule has 4 rings (SSSR count). The number of hydrogen-bond acceptors (Lipinski definition) is 6. The first kappa shape index (κ1) is 18.2. The van der Waals surface area contributed by atoms with E-state index in [9.17, 15) is 14.9 Å². The lowest BCUT2D eigenvalue weighted by Gasteiger charge is -2.08. The van der Waals surface area contributed by atoms with Crippen LogP contribution in [0.3, 0.4) is 0 Å². The third-order valence-electron chi connectivity index (χ3n) is 4.50. The van der Waals surface area contributed by atoms with E-state index >= 15 is 0 Å². The molecule has 0 aliphatic carbocycles. The number of nitro groups is 1. The molecule has 29 heavy (non-hydrogen) atoms. The number of nitro benzene ring substituents is 1. The number of carbonyl (C=O) groups is 1. The molecule has 0 saturated carbocycles. The van der Waals surface area contributed by atoms with Gasteiger partial charge in [0.1, 0.15) is 12.1 Å². The number of aromatic nitrogens is 3. The lowest BCUT2D eigenvalue weighted by Crippen LogP contribution is -2.13. The van der Waals surface area contributed by atoms with Gasteiger partial charge in [0.15, 0.2) is 0 Å². The van der Waals surface area contributed by atoms with Gasteiger partial charge in [0.05, 0.1) is 21.7 Å². The van der Waals surface area contributed by atoms with Gasteiger partial charge in [-0.15, -0.1) is 0 Å². The summed E-state index contributed by atoms with van der Waals surface area (Å²) in [7, 11) is 0. The molecule has 0 aliphatic rings. The highest BCUT2D eigenvalue weighted by molar-refractivity contribution is 6.12. The van der Waals surface area contributed by atoms with Crippen LogP contribution in [0.25, 0.3) is 22.2 Å². The van der Waals surface area contributed by atoms with Gasteiger partial charge < -0.3 is 5.32 Å². The van der Waals surface area contributed by atoms with Crippen LogP contribution in [0.5, 0.6) is 0 Å². The third kappa shape index (κ3) is 3.63. The maximum Gasteiger partial charge on any atom is 0.272 e. The van der Waals surface area contributed by atoms with Crippen molar-refractivity contribution in [1.29, 1.82) is 0 Å². The number of anilines is 1. The van der Waals surface area contributed by atoms with Crippen LogP contribution in [0.2, 0.25) is 0 Å². The van der Waals surface area contributed by atoms with Crippen molar-refractivity contribution in [3.8, 4) is 11.3 Å². The molecule has 1 amide bonds. The smallest absolute Gasteiger partial charge is 0.272 e. The Hall–Kier alpha value is -4.20. The summed E-state index contributed by atoms with van der Waals surface area (Å²) in [5, 5.41) is 14.7. The monoisotopic (exact) mass is 385 g/mol. The SMILES string of the molecule is Cc1ccc(-c2cc(NC(=O)c3ccnc4ccccc34)ncn2)cc1[N+](=O)[O-]. The van der Waals surface area contributed by atoms with E-state index in [1.165, 1.54) is 12.4 Å². The molecule has 8 heteroatoms. The summed E-state index contributed by atoms with van der Waals surface area (Å²) in [5.74, 6) is -0.0349. The van der Waals surface area contributed by atoms with Crippen LogP contribution < -0.4 is 5.32 Å². The molecule has 0 atom stereocenters. The molecule has 1 N–H and O–H groups in total. The Morgan fingerprint density at radius 1 is 1.03 bits per heavy atom. The molecule has 0 saturated heterocycles. The Morgan fingerprint density at radius 2 is 1.86 bits per heavy atom. The van der Waals surface area contributed by atoms with Crippen LogP contribution in [-0.4, -0.2) is 25.8 Å². The molecule has 0 radical (unpaired) electrons. The van der Waals surface area contributed by atoms with Crippen molar-refractivity contribution in [2.45, 2.75) is 6.92 Å². The second-order valence-electron chi connectivity index (χ2n) is 6.38. The minimum Gasteiger partial charge on any atom is -0.306 e. The molecule has 8 nitrogen and oxygen atoms in total. The van der Waals surface area contributed by atoms with Gasteiger partial charge in [-0.25, -0.2) is 9.97 Å². The lowest BCUT2D eigenvalue weighted by molar-refractivity contribution is -0.385. The Labute approximate surface area is 165 Å². The molecule has 142 valence electrons. The van der Waals surface area contributed by atoms with E-state index in [-0.39, 0.29) is 11.6 Å². The molecule has 0 aliphatic heterocycles. The summed E-state index contributed by atoms with van der Waals surface area (Å²) in [6.45, 7) is 1.67. The van der Waals surface area contributed by atoms with Gasteiger partial charge in [0, 0.05) is 34.8 Å². The average Bonchev–Trinajstić information content (AvgIpc) is 2.73. The Bertz CT molecular complexity index is 1250. The highest BCUT2D eigenvalue weighted by Crippen LogP contribution is 2.26. The van der Waals surface area contributed by atoms with Crippen LogP contribution in [0.1, 0.15) is 15.9 Å². The number of benzene rings is 2. The van der Waals surface area contributed by atoms with Gasteiger partial charge in [-0.2, -0.15) is 0 Å². The van der Waals surface area contributed by atoms with Crippen molar-refractivity contribution >= 4 is 28.3 Å². The lowest BCUT2D eigenvalue weighted by atomic mass is 10.1. The van der Waals surface area contributed by atoms with E-state index in [0.29, 0.717) is 28.2 Å². The number of hydrogen-bond donors (Lipinski definition) is 1. The van der Waals surface area contributed by atoms with Crippen molar-refractivity contribution in [1.82, 2.24) is 15.0 Å². The maximum absolute atomic E-state index is 12.8. The van der Waals surface area contributed by atoms with Gasteiger partial charge >= 0.3 is 0 Å². The first-order valence-corrected chi connectivity index (χ1v) is 8.75. The Morgan fingerprint density at radius 3 is 2.69 bits per heavy atom. The van der Waals surface area contributed by atoms with Crippen molar-refractivity contribution in [3.63, 3.8) is 0 Å². The first-order chi connectivity index (χ1) is 14.0. The zero-order chi connectivity index (χ0) is 20.4. The molecule has 2 aromatic heterocycles. The van der Waals surface area contributed by atoms with Crippen LogP contribution in [0, 0.1) is 17.0 Å². The maximum atomic E-state index is 12.8. The molecule has 0 spiro atoms. The largest absolute Gasteiger partial charge is 0.306 e. The minimum absolute atomic E-state index is 0.00922. The van der Waals surface area contributed by atoms with E-state index in [1.807, 2.05) is 24.3 Å². The highest BCUT2D eigenvalue weighted by atomic mass is 16.6. The number of nitrogens with one attached hydrogen (secondary N) is 1. The van der Waals surface area contributed by atoms with E-state index in [2.05, 4.69) is 20.3 Å². The van der Waals surface area contributed by atoms with Crippen molar-refractivity contribution in [2.24, 2.45) is 0 Å². The summed E-state index contributed by atoms with van der Waals surface area (Å²) in [6, 6.07) is 15.4. The van der Waals surface area contributed by atoms with Crippen molar-refractivity contribution in [2.75, 3.05) is 5.32 Å². The number of pyridine rings is 1. The molecular weight excluding hydrogens is 370 g/mol. The molecule has 2 heterocycles.